The molecule has 25 heavy (non-hydrogen) atoms. The molecule has 0 saturated carbocycles. The van der Waals surface area contributed by atoms with Gasteiger partial charge in [-0.15, -0.1) is 0 Å². The molecule has 134 valence electrons. The van der Waals surface area contributed by atoms with E-state index in [4.69, 9.17) is 5.21 Å². The minimum Gasteiger partial charge on any atom is -0.353 e. The van der Waals surface area contributed by atoms with Crippen molar-refractivity contribution >= 4 is 23.7 Å². The number of ketones is 1. The zero-order valence-electron chi connectivity index (χ0n) is 14.3. The molecule has 1 rings (SSSR count). The minimum atomic E-state index is -0.394. The molecule has 0 aliphatic rings. The van der Waals surface area contributed by atoms with E-state index in [0.717, 1.165) is 18.4 Å². The lowest BCUT2D eigenvalue weighted by Gasteiger charge is -2.02. The first-order valence-corrected chi connectivity index (χ1v) is 8.19. The summed E-state index contributed by atoms with van der Waals surface area (Å²) in [7, 11) is 0. The van der Waals surface area contributed by atoms with E-state index in [2.05, 4.69) is 5.32 Å². The Balaban J connectivity index is 2.21. The Morgan fingerprint density at radius 3 is 2.40 bits per heavy atom. The first-order chi connectivity index (χ1) is 12.0. The van der Waals surface area contributed by atoms with Crippen LogP contribution in [-0.4, -0.2) is 29.3 Å². The molecule has 0 fully saturated rings. The van der Waals surface area contributed by atoms with Crippen LogP contribution in [0.5, 0.6) is 0 Å². The van der Waals surface area contributed by atoms with E-state index in [0.29, 0.717) is 18.5 Å². The van der Waals surface area contributed by atoms with Gasteiger partial charge in [-0.1, -0.05) is 48.9 Å². The molecule has 0 spiro atoms. The molecule has 6 heteroatoms. The molecule has 0 aliphatic heterocycles. The standard InChI is InChI=1S/C19H24N2O4/c1-15(22)17-12-10-16(11-13-17)7-4-5-8-18(23)20-14-6-2-3-9-19(24)21-25/h4-5,7-8,10-13,25H,2-3,6,9,14H2,1H3,(H,20,23)(H,21,24)/b7-4+,8-5+. The second kappa shape index (κ2) is 11.8. The Bertz CT molecular complexity index is 633. The number of hydroxylamine groups is 1. The van der Waals surface area contributed by atoms with Gasteiger partial charge in [-0.2, -0.15) is 0 Å². The van der Waals surface area contributed by atoms with Crippen LogP contribution in [0.1, 0.15) is 48.5 Å². The molecule has 0 bridgehead atoms. The maximum atomic E-state index is 11.6. The van der Waals surface area contributed by atoms with E-state index in [1.807, 2.05) is 18.2 Å². The van der Waals surface area contributed by atoms with Gasteiger partial charge in [-0.25, -0.2) is 5.48 Å². The number of unbranched alkanes of at least 4 members (excludes halogenated alkanes) is 2. The van der Waals surface area contributed by atoms with Crippen LogP contribution in [0.25, 0.3) is 6.08 Å². The first kappa shape index (κ1) is 20.3. The summed E-state index contributed by atoms with van der Waals surface area (Å²) in [6, 6.07) is 7.22. The molecule has 0 heterocycles. The third kappa shape index (κ3) is 9.22. The number of hydrogen-bond donors (Lipinski definition) is 3. The molecule has 1 aromatic rings. The summed E-state index contributed by atoms with van der Waals surface area (Å²) in [4.78, 5) is 33.6. The lowest BCUT2D eigenvalue weighted by molar-refractivity contribution is -0.129. The average Bonchev–Trinajstić information content (AvgIpc) is 2.61. The Morgan fingerprint density at radius 1 is 1.04 bits per heavy atom. The smallest absolute Gasteiger partial charge is 0.243 e. The van der Waals surface area contributed by atoms with Crippen molar-refractivity contribution in [2.45, 2.75) is 32.6 Å². The van der Waals surface area contributed by atoms with Crippen molar-refractivity contribution < 1.29 is 19.6 Å². The van der Waals surface area contributed by atoms with E-state index < -0.39 is 5.91 Å². The van der Waals surface area contributed by atoms with Crippen molar-refractivity contribution in [1.82, 2.24) is 10.8 Å². The number of nitrogens with one attached hydrogen (secondary N) is 2. The largest absolute Gasteiger partial charge is 0.353 e. The number of benzene rings is 1. The molecule has 3 N–H and O–H groups in total. The van der Waals surface area contributed by atoms with Crippen molar-refractivity contribution in [1.29, 1.82) is 0 Å². The summed E-state index contributed by atoms with van der Waals surface area (Å²) in [6.07, 6.45) is 9.23. The van der Waals surface area contributed by atoms with Gasteiger partial charge in [0.15, 0.2) is 5.78 Å². The highest BCUT2D eigenvalue weighted by Gasteiger charge is 1.99. The quantitative estimate of drug-likeness (QED) is 0.152. The number of hydrogen-bond acceptors (Lipinski definition) is 4. The number of rotatable bonds is 10. The SMILES string of the molecule is CC(=O)c1ccc(/C=C/C=C/C(=O)NCCCCCC(=O)NO)cc1. The summed E-state index contributed by atoms with van der Waals surface area (Å²) in [5.74, 6) is -0.539. The van der Waals surface area contributed by atoms with Crippen molar-refractivity contribution in [3.8, 4) is 0 Å². The fraction of sp³-hybridized carbons (Fsp3) is 0.316. The molecule has 1 aromatic carbocycles. The number of carbonyl (C=O) groups excluding carboxylic acids is 3. The Morgan fingerprint density at radius 2 is 1.76 bits per heavy atom. The highest BCUT2D eigenvalue weighted by molar-refractivity contribution is 5.94. The maximum Gasteiger partial charge on any atom is 0.243 e. The monoisotopic (exact) mass is 344 g/mol. The summed E-state index contributed by atoms with van der Waals surface area (Å²) < 4.78 is 0. The zero-order chi connectivity index (χ0) is 18.5. The maximum absolute atomic E-state index is 11.6. The highest BCUT2D eigenvalue weighted by Crippen LogP contribution is 2.06. The van der Waals surface area contributed by atoms with Gasteiger partial charge >= 0.3 is 0 Å². The van der Waals surface area contributed by atoms with E-state index in [9.17, 15) is 14.4 Å². The van der Waals surface area contributed by atoms with Crippen molar-refractivity contribution in [2.75, 3.05) is 6.54 Å². The van der Waals surface area contributed by atoms with Gasteiger partial charge < -0.3 is 5.32 Å². The molecule has 0 aliphatic carbocycles. The molecule has 0 unspecified atom stereocenters. The van der Waals surface area contributed by atoms with Gasteiger partial charge in [-0.3, -0.25) is 19.6 Å². The van der Waals surface area contributed by atoms with Crippen molar-refractivity contribution in [3.05, 3.63) is 53.6 Å². The van der Waals surface area contributed by atoms with Gasteiger partial charge in [0.2, 0.25) is 11.8 Å². The van der Waals surface area contributed by atoms with Crippen LogP contribution in [0.15, 0.2) is 42.5 Å². The Kier molecular flexibility index (Phi) is 9.55. The molecular weight excluding hydrogens is 320 g/mol. The molecule has 0 aromatic heterocycles. The molecule has 0 atom stereocenters. The molecule has 6 nitrogen and oxygen atoms in total. The normalized spacial score (nSPS) is 11.0. The predicted molar refractivity (Wildman–Crippen MR) is 96.0 cm³/mol. The van der Waals surface area contributed by atoms with Crippen LogP contribution in [0.3, 0.4) is 0 Å². The Labute approximate surface area is 147 Å². The molecule has 0 radical (unpaired) electrons. The summed E-state index contributed by atoms with van der Waals surface area (Å²) in [6.45, 7) is 2.07. The van der Waals surface area contributed by atoms with Crippen LogP contribution in [-0.2, 0) is 9.59 Å². The van der Waals surface area contributed by atoms with E-state index >= 15 is 0 Å². The summed E-state index contributed by atoms with van der Waals surface area (Å²) in [5, 5.41) is 11.1. The van der Waals surface area contributed by atoms with Crippen molar-refractivity contribution in [2.24, 2.45) is 0 Å². The lowest BCUT2D eigenvalue weighted by Crippen LogP contribution is -2.22. The molecule has 2 amide bonds. The summed E-state index contributed by atoms with van der Waals surface area (Å²) in [5.41, 5.74) is 3.20. The average molecular weight is 344 g/mol. The van der Waals surface area contributed by atoms with Crippen LogP contribution < -0.4 is 10.8 Å². The van der Waals surface area contributed by atoms with Crippen molar-refractivity contribution in [3.63, 3.8) is 0 Å². The van der Waals surface area contributed by atoms with E-state index in [-0.39, 0.29) is 18.1 Å². The molecular formula is C19H24N2O4. The minimum absolute atomic E-state index is 0.0313. The Hall–Kier alpha value is -2.73. The fourth-order valence-electron chi connectivity index (χ4n) is 2.05. The third-order valence-corrected chi connectivity index (χ3v) is 3.47. The highest BCUT2D eigenvalue weighted by atomic mass is 16.5. The lowest BCUT2D eigenvalue weighted by atomic mass is 10.1. The van der Waals surface area contributed by atoms with E-state index in [1.54, 1.807) is 29.8 Å². The van der Waals surface area contributed by atoms with Crippen LogP contribution in [0, 0.1) is 0 Å². The van der Waals surface area contributed by atoms with Gasteiger partial charge in [0.05, 0.1) is 0 Å². The van der Waals surface area contributed by atoms with Gasteiger partial charge in [0.25, 0.3) is 0 Å². The second-order valence-electron chi connectivity index (χ2n) is 5.53. The topological polar surface area (TPSA) is 95.5 Å². The number of allylic oxidation sites excluding steroid dienone is 2. The van der Waals surface area contributed by atoms with Gasteiger partial charge in [0, 0.05) is 24.6 Å². The fourth-order valence-corrected chi connectivity index (χ4v) is 2.05. The number of Topliss-reactive ketones (excluding diaryl/α,β-unsaturated/α-hetero) is 1. The number of amides is 2. The summed E-state index contributed by atoms with van der Waals surface area (Å²) >= 11 is 0. The van der Waals surface area contributed by atoms with Crippen LogP contribution >= 0.6 is 0 Å². The van der Waals surface area contributed by atoms with Gasteiger partial charge in [0.1, 0.15) is 0 Å². The zero-order valence-corrected chi connectivity index (χ0v) is 14.3. The van der Waals surface area contributed by atoms with Crippen LogP contribution in [0.2, 0.25) is 0 Å². The third-order valence-electron chi connectivity index (χ3n) is 3.47. The predicted octanol–water partition coefficient (Wildman–Crippen LogP) is 2.64. The molecule has 0 saturated heterocycles. The number of carbonyl (C=O) groups is 3. The van der Waals surface area contributed by atoms with Gasteiger partial charge in [-0.05, 0) is 25.3 Å². The van der Waals surface area contributed by atoms with Crippen LogP contribution in [0.4, 0.5) is 0 Å². The first-order valence-electron chi connectivity index (χ1n) is 8.19. The second-order valence-corrected chi connectivity index (χ2v) is 5.53. The van der Waals surface area contributed by atoms with E-state index in [1.165, 1.54) is 13.0 Å².